The maximum Gasteiger partial charge on any atom is 0.253 e. The number of terminal acetylenes is 2. The molecule has 2 aromatic carbocycles. The predicted octanol–water partition coefficient (Wildman–Crippen LogP) is 4.19. The van der Waals surface area contributed by atoms with Gasteiger partial charge in [-0.15, -0.1) is 12.8 Å². The maximum absolute atomic E-state index is 12.9. The summed E-state index contributed by atoms with van der Waals surface area (Å²) in [7, 11) is 1.56. The zero-order chi connectivity index (χ0) is 22.9. The van der Waals surface area contributed by atoms with Crippen molar-refractivity contribution in [2.24, 2.45) is 0 Å². The van der Waals surface area contributed by atoms with Gasteiger partial charge in [0.2, 0.25) is 0 Å². The molecule has 1 amide bonds. The van der Waals surface area contributed by atoms with Crippen LogP contribution >= 0.6 is 11.6 Å². The monoisotopic (exact) mass is 439 g/mol. The largest absolute Gasteiger partial charge is 0.493 e. The molecule has 1 unspecified atom stereocenters. The van der Waals surface area contributed by atoms with Gasteiger partial charge in [-0.2, -0.15) is 0 Å². The van der Waals surface area contributed by atoms with Gasteiger partial charge in [-0.3, -0.25) is 4.79 Å². The highest BCUT2D eigenvalue weighted by molar-refractivity contribution is 6.30. The number of hydrogen-bond donors (Lipinski definition) is 1. The van der Waals surface area contributed by atoms with Gasteiger partial charge in [0.05, 0.1) is 7.11 Å². The first-order valence-corrected chi connectivity index (χ1v) is 10.1. The molecule has 1 N–H and O–H groups in total. The van der Waals surface area contributed by atoms with Gasteiger partial charge in [0, 0.05) is 11.6 Å². The minimum Gasteiger partial charge on any atom is -0.493 e. The van der Waals surface area contributed by atoms with Crippen LogP contribution in [0, 0.1) is 24.7 Å². The van der Waals surface area contributed by atoms with E-state index in [1.54, 1.807) is 51.3 Å². The Bertz CT molecular complexity index is 970. The van der Waals surface area contributed by atoms with E-state index in [-0.39, 0.29) is 12.5 Å². The van der Waals surface area contributed by atoms with Crippen molar-refractivity contribution in [2.45, 2.75) is 32.0 Å². The molecule has 0 saturated heterocycles. The molecule has 0 bridgehead atoms. The van der Waals surface area contributed by atoms with Gasteiger partial charge in [0.15, 0.2) is 17.6 Å². The molecule has 0 radical (unpaired) electrons. The van der Waals surface area contributed by atoms with Crippen molar-refractivity contribution in [3.8, 4) is 36.2 Å². The Kier molecular flexibility index (Phi) is 8.82. The lowest BCUT2D eigenvalue weighted by molar-refractivity contribution is -0.140. The van der Waals surface area contributed by atoms with E-state index in [4.69, 9.17) is 38.7 Å². The van der Waals surface area contributed by atoms with Gasteiger partial charge in [-0.05, 0) is 55.7 Å². The van der Waals surface area contributed by atoms with E-state index in [2.05, 4.69) is 17.2 Å². The van der Waals surface area contributed by atoms with Gasteiger partial charge in [-0.25, -0.2) is 0 Å². The number of amides is 1. The standard InChI is InChI=1S/C25H26ClNO4/c1-6-16-30-21-13-8-18(17-22(21)29-5)14-15-27-24(28)23(31-25(3,4)7-2)19-9-11-20(26)12-10-19/h1-2,8-13,17,23H,14-16H2,3-5H3,(H,27,28). The van der Waals surface area contributed by atoms with Crippen LogP contribution in [-0.4, -0.2) is 31.8 Å². The highest BCUT2D eigenvalue weighted by Gasteiger charge is 2.28. The first-order valence-electron chi connectivity index (χ1n) is 9.71. The molecule has 0 spiro atoms. The lowest BCUT2D eigenvalue weighted by Gasteiger charge is -2.26. The second kappa shape index (κ2) is 11.3. The van der Waals surface area contributed by atoms with Crippen molar-refractivity contribution in [2.75, 3.05) is 20.3 Å². The van der Waals surface area contributed by atoms with Gasteiger partial charge in [0.1, 0.15) is 12.2 Å². The van der Waals surface area contributed by atoms with Gasteiger partial charge in [0.25, 0.3) is 5.91 Å². The molecule has 1 atom stereocenters. The van der Waals surface area contributed by atoms with E-state index in [1.165, 1.54) is 0 Å². The van der Waals surface area contributed by atoms with Crippen molar-refractivity contribution in [3.05, 3.63) is 58.6 Å². The minimum absolute atomic E-state index is 0.159. The fourth-order valence-electron chi connectivity index (χ4n) is 2.77. The minimum atomic E-state index is -0.913. The first-order chi connectivity index (χ1) is 14.8. The Morgan fingerprint density at radius 3 is 2.48 bits per heavy atom. The molecule has 0 aliphatic carbocycles. The van der Waals surface area contributed by atoms with E-state index in [9.17, 15) is 4.79 Å². The van der Waals surface area contributed by atoms with Crippen LogP contribution in [0.25, 0.3) is 0 Å². The smallest absolute Gasteiger partial charge is 0.253 e. The van der Waals surface area contributed by atoms with E-state index in [0.29, 0.717) is 35.1 Å². The topological polar surface area (TPSA) is 56.8 Å². The number of hydrogen-bond acceptors (Lipinski definition) is 4. The lowest BCUT2D eigenvalue weighted by atomic mass is 10.1. The number of benzene rings is 2. The van der Waals surface area contributed by atoms with Crippen LogP contribution in [0.15, 0.2) is 42.5 Å². The third kappa shape index (κ3) is 7.26. The molecular formula is C25H26ClNO4. The maximum atomic E-state index is 12.9. The Morgan fingerprint density at radius 1 is 1.16 bits per heavy atom. The average molecular weight is 440 g/mol. The lowest BCUT2D eigenvalue weighted by Crippen LogP contribution is -2.36. The highest BCUT2D eigenvalue weighted by atomic mass is 35.5. The SMILES string of the molecule is C#CCOc1ccc(CCNC(=O)C(OC(C)(C)C#C)c2ccc(Cl)cc2)cc1OC. The second-order valence-corrected chi connectivity index (χ2v) is 7.66. The molecule has 31 heavy (non-hydrogen) atoms. The molecule has 162 valence electrons. The van der Waals surface area contributed by atoms with E-state index in [0.717, 1.165) is 5.56 Å². The molecule has 0 aliphatic heterocycles. The Labute approximate surface area is 189 Å². The van der Waals surface area contributed by atoms with Crippen molar-refractivity contribution < 1.29 is 19.0 Å². The van der Waals surface area contributed by atoms with Crippen molar-refractivity contribution in [1.82, 2.24) is 5.32 Å². The van der Waals surface area contributed by atoms with E-state index >= 15 is 0 Å². The highest BCUT2D eigenvalue weighted by Crippen LogP contribution is 2.28. The van der Waals surface area contributed by atoms with Crippen LogP contribution in [0.2, 0.25) is 5.02 Å². The summed E-state index contributed by atoms with van der Waals surface area (Å²) in [5, 5.41) is 3.49. The summed E-state index contributed by atoms with van der Waals surface area (Å²) in [5.74, 6) is 5.84. The quantitative estimate of drug-likeness (QED) is 0.564. The number of rotatable bonds is 10. The van der Waals surface area contributed by atoms with E-state index < -0.39 is 11.7 Å². The fraction of sp³-hybridized carbons (Fsp3) is 0.320. The number of methoxy groups -OCH3 is 1. The number of carbonyl (C=O) groups excluding carboxylic acids is 1. The summed E-state index contributed by atoms with van der Waals surface area (Å²) in [6, 6.07) is 12.5. The third-order valence-corrected chi connectivity index (χ3v) is 4.67. The third-order valence-electron chi connectivity index (χ3n) is 4.42. The Balaban J connectivity index is 2.06. The summed E-state index contributed by atoms with van der Waals surface area (Å²) in [4.78, 5) is 12.9. The van der Waals surface area contributed by atoms with Crippen molar-refractivity contribution in [3.63, 3.8) is 0 Å². The number of carbonyl (C=O) groups is 1. The Hall–Kier alpha value is -3.12. The van der Waals surface area contributed by atoms with Gasteiger partial charge >= 0.3 is 0 Å². The molecule has 6 heteroatoms. The molecular weight excluding hydrogens is 414 g/mol. The summed E-state index contributed by atoms with van der Waals surface area (Å²) in [6.45, 7) is 4.03. The van der Waals surface area contributed by atoms with Crippen molar-refractivity contribution >= 4 is 17.5 Å². The zero-order valence-electron chi connectivity index (χ0n) is 17.9. The van der Waals surface area contributed by atoms with Gasteiger partial charge < -0.3 is 19.5 Å². The number of ether oxygens (including phenoxy) is 3. The zero-order valence-corrected chi connectivity index (χ0v) is 18.7. The van der Waals surface area contributed by atoms with Crippen LogP contribution < -0.4 is 14.8 Å². The van der Waals surface area contributed by atoms with Crippen LogP contribution in [0.1, 0.15) is 31.1 Å². The normalized spacial score (nSPS) is 11.7. The summed E-state index contributed by atoms with van der Waals surface area (Å²) < 4.78 is 16.7. The number of halogens is 1. The molecule has 2 rings (SSSR count). The average Bonchev–Trinajstić information content (AvgIpc) is 2.77. The molecule has 0 fully saturated rings. The van der Waals surface area contributed by atoms with E-state index in [1.807, 2.05) is 12.1 Å². The van der Waals surface area contributed by atoms with Crippen LogP contribution in [-0.2, 0) is 16.0 Å². The van der Waals surface area contributed by atoms with Crippen LogP contribution in [0.5, 0.6) is 11.5 Å². The molecule has 0 saturated carbocycles. The molecule has 0 heterocycles. The summed E-state index contributed by atoms with van der Waals surface area (Å²) in [5.41, 5.74) is 0.725. The first kappa shape index (κ1) is 24.2. The molecule has 0 aliphatic rings. The summed E-state index contributed by atoms with van der Waals surface area (Å²) in [6.07, 6.45) is 10.5. The Morgan fingerprint density at radius 2 is 1.87 bits per heavy atom. The summed E-state index contributed by atoms with van der Waals surface area (Å²) >= 11 is 5.97. The molecule has 2 aromatic rings. The molecule has 0 aromatic heterocycles. The van der Waals surface area contributed by atoms with Crippen LogP contribution in [0.4, 0.5) is 0 Å². The predicted molar refractivity (Wildman–Crippen MR) is 122 cm³/mol. The fourth-order valence-corrected chi connectivity index (χ4v) is 2.89. The number of nitrogens with one attached hydrogen (secondary N) is 1. The van der Waals surface area contributed by atoms with Gasteiger partial charge in [-0.1, -0.05) is 41.6 Å². The second-order valence-electron chi connectivity index (χ2n) is 7.22. The van der Waals surface area contributed by atoms with Crippen LogP contribution in [0.3, 0.4) is 0 Å². The van der Waals surface area contributed by atoms with Crippen molar-refractivity contribution in [1.29, 1.82) is 0 Å². The molecule has 5 nitrogen and oxygen atoms in total.